The highest BCUT2D eigenvalue weighted by atomic mass is 16.3. The fourth-order valence-electron chi connectivity index (χ4n) is 5.68. The van der Waals surface area contributed by atoms with E-state index >= 15 is 0 Å². The molecule has 0 bridgehead atoms. The van der Waals surface area contributed by atoms with Gasteiger partial charge in [-0.25, -0.2) is 0 Å². The van der Waals surface area contributed by atoms with Gasteiger partial charge in [-0.05, 0) is 91.4 Å². The van der Waals surface area contributed by atoms with E-state index in [1.807, 2.05) is 12.1 Å². The molecular weight excluding hydrogens is 260 g/mol. The summed E-state index contributed by atoms with van der Waals surface area (Å²) in [6.45, 7) is 2.33. The zero-order chi connectivity index (χ0) is 14.6. The van der Waals surface area contributed by atoms with Crippen LogP contribution >= 0.6 is 0 Å². The standard InChI is InChI=1S/C19H26O2/c1-19-9-8-14-10-12-2-4-15(20)11-13(12)3-5-16(14)17(19)6-7-18(19)21/h2,4,11,14,16-18,20-21H,3,5-10H2,1H3/t14-,16-,17+,18+,19+/m1/s1. The second-order valence-electron chi connectivity index (χ2n) is 7.86. The predicted octanol–water partition coefficient (Wildman–Crippen LogP) is 3.68. The van der Waals surface area contributed by atoms with Crippen molar-refractivity contribution in [3.63, 3.8) is 0 Å². The Morgan fingerprint density at radius 3 is 2.81 bits per heavy atom. The summed E-state index contributed by atoms with van der Waals surface area (Å²) < 4.78 is 0. The summed E-state index contributed by atoms with van der Waals surface area (Å²) in [5.74, 6) is 2.64. The van der Waals surface area contributed by atoms with Crippen LogP contribution in [0.3, 0.4) is 0 Å². The molecule has 0 unspecified atom stereocenters. The van der Waals surface area contributed by atoms with Crippen LogP contribution < -0.4 is 0 Å². The number of aliphatic hydroxyl groups is 1. The van der Waals surface area contributed by atoms with Crippen molar-refractivity contribution in [3.8, 4) is 5.75 Å². The molecule has 1 aromatic carbocycles. The molecule has 2 N–H and O–H groups in total. The zero-order valence-electron chi connectivity index (χ0n) is 12.9. The maximum absolute atomic E-state index is 10.4. The summed E-state index contributed by atoms with van der Waals surface area (Å²) in [7, 11) is 0. The van der Waals surface area contributed by atoms with Crippen molar-refractivity contribution >= 4 is 0 Å². The lowest BCUT2D eigenvalue weighted by molar-refractivity contribution is -0.0338. The fourth-order valence-corrected chi connectivity index (χ4v) is 5.68. The van der Waals surface area contributed by atoms with E-state index < -0.39 is 0 Å². The Balaban J connectivity index is 1.65. The lowest BCUT2D eigenvalue weighted by Gasteiger charge is -2.47. The smallest absolute Gasteiger partial charge is 0.115 e. The van der Waals surface area contributed by atoms with Crippen LogP contribution in [0.25, 0.3) is 0 Å². The third-order valence-electron chi connectivity index (χ3n) is 6.95. The van der Waals surface area contributed by atoms with Gasteiger partial charge in [-0.2, -0.15) is 0 Å². The van der Waals surface area contributed by atoms with Crippen LogP contribution in [0.1, 0.15) is 50.2 Å². The summed E-state index contributed by atoms with van der Waals surface area (Å²) in [4.78, 5) is 0. The van der Waals surface area contributed by atoms with Gasteiger partial charge in [-0.1, -0.05) is 13.0 Å². The molecule has 0 aliphatic heterocycles. The molecule has 5 atom stereocenters. The van der Waals surface area contributed by atoms with E-state index in [9.17, 15) is 10.2 Å². The quantitative estimate of drug-likeness (QED) is 0.763. The predicted molar refractivity (Wildman–Crippen MR) is 83.2 cm³/mol. The van der Waals surface area contributed by atoms with Crippen molar-refractivity contribution in [2.75, 3.05) is 0 Å². The Kier molecular flexibility index (Phi) is 3.08. The molecule has 2 saturated carbocycles. The number of aryl methyl sites for hydroxylation is 1. The Hall–Kier alpha value is -1.02. The van der Waals surface area contributed by atoms with E-state index in [2.05, 4.69) is 13.0 Å². The number of benzene rings is 1. The number of aromatic hydroxyl groups is 1. The second kappa shape index (κ2) is 4.74. The maximum Gasteiger partial charge on any atom is 0.115 e. The molecule has 0 radical (unpaired) electrons. The Bertz CT molecular complexity index is 552. The van der Waals surface area contributed by atoms with E-state index in [4.69, 9.17) is 0 Å². The minimum absolute atomic E-state index is 0.0851. The highest BCUT2D eigenvalue weighted by Crippen LogP contribution is 2.58. The molecule has 2 fully saturated rings. The van der Waals surface area contributed by atoms with Crippen LogP contribution in [0.4, 0.5) is 0 Å². The second-order valence-corrected chi connectivity index (χ2v) is 7.86. The number of phenols is 1. The van der Waals surface area contributed by atoms with Crippen molar-refractivity contribution in [1.82, 2.24) is 0 Å². The largest absolute Gasteiger partial charge is 0.508 e. The number of phenolic OH excluding ortho intramolecular Hbond substituents is 1. The minimum atomic E-state index is -0.0851. The molecule has 0 saturated heterocycles. The molecule has 3 aliphatic carbocycles. The first-order valence-corrected chi connectivity index (χ1v) is 8.57. The Morgan fingerprint density at radius 1 is 1.10 bits per heavy atom. The van der Waals surface area contributed by atoms with E-state index in [0.29, 0.717) is 11.7 Å². The number of fused-ring (bicyclic) bond motifs is 4. The first kappa shape index (κ1) is 13.6. The van der Waals surface area contributed by atoms with Crippen molar-refractivity contribution in [1.29, 1.82) is 0 Å². The molecule has 114 valence electrons. The zero-order valence-corrected chi connectivity index (χ0v) is 12.9. The average molecular weight is 286 g/mol. The monoisotopic (exact) mass is 286 g/mol. The summed E-state index contributed by atoms with van der Waals surface area (Å²) in [5, 5.41) is 20.2. The van der Waals surface area contributed by atoms with Gasteiger partial charge in [-0.3, -0.25) is 0 Å². The van der Waals surface area contributed by atoms with Crippen LogP contribution in [-0.2, 0) is 12.8 Å². The maximum atomic E-state index is 10.4. The summed E-state index contributed by atoms with van der Waals surface area (Å²) >= 11 is 0. The van der Waals surface area contributed by atoms with Crippen LogP contribution in [0, 0.1) is 23.2 Å². The van der Waals surface area contributed by atoms with Gasteiger partial charge in [0.05, 0.1) is 6.10 Å². The van der Waals surface area contributed by atoms with E-state index in [-0.39, 0.29) is 11.5 Å². The van der Waals surface area contributed by atoms with Crippen molar-refractivity contribution in [2.24, 2.45) is 23.2 Å². The molecule has 2 heteroatoms. The average Bonchev–Trinajstić information content (AvgIpc) is 2.67. The van der Waals surface area contributed by atoms with Gasteiger partial charge < -0.3 is 10.2 Å². The minimum Gasteiger partial charge on any atom is -0.508 e. The highest BCUT2D eigenvalue weighted by Gasteiger charge is 2.53. The molecule has 0 heterocycles. The van der Waals surface area contributed by atoms with Gasteiger partial charge >= 0.3 is 0 Å². The first-order valence-electron chi connectivity index (χ1n) is 8.57. The highest BCUT2D eigenvalue weighted by molar-refractivity contribution is 5.36. The first-order chi connectivity index (χ1) is 10.1. The van der Waals surface area contributed by atoms with Gasteiger partial charge in [0.1, 0.15) is 5.75 Å². The number of hydrogen-bond acceptors (Lipinski definition) is 2. The van der Waals surface area contributed by atoms with Gasteiger partial charge in [0.15, 0.2) is 0 Å². The molecule has 0 spiro atoms. The van der Waals surface area contributed by atoms with E-state index in [0.717, 1.165) is 24.7 Å². The molecule has 4 rings (SSSR count). The van der Waals surface area contributed by atoms with Crippen LogP contribution in [-0.4, -0.2) is 16.3 Å². The normalized spacial score (nSPS) is 41.8. The number of rotatable bonds is 0. The SMILES string of the molecule is C[C@]12CC[C@@H]3Cc4ccc(O)cc4CC[C@H]3[C@@H]1CC[C@@H]2O. The molecule has 3 aliphatic rings. The van der Waals surface area contributed by atoms with Crippen molar-refractivity contribution in [2.45, 2.75) is 58.0 Å². The molecule has 0 amide bonds. The topological polar surface area (TPSA) is 40.5 Å². The van der Waals surface area contributed by atoms with Gasteiger partial charge in [0.25, 0.3) is 0 Å². The summed E-state index contributed by atoms with van der Waals surface area (Å²) in [6.07, 6.45) is 8.06. The van der Waals surface area contributed by atoms with E-state index in [1.54, 1.807) is 0 Å². The van der Waals surface area contributed by atoms with Crippen molar-refractivity contribution < 1.29 is 10.2 Å². The summed E-state index contributed by atoms with van der Waals surface area (Å²) in [5.41, 5.74) is 2.96. The third-order valence-corrected chi connectivity index (χ3v) is 6.95. The Labute approximate surface area is 127 Å². The molecule has 0 aromatic heterocycles. The molecule has 1 aromatic rings. The molecular formula is C19H26O2. The van der Waals surface area contributed by atoms with Crippen molar-refractivity contribution in [3.05, 3.63) is 29.3 Å². The van der Waals surface area contributed by atoms with Gasteiger partial charge in [0, 0.05) is 0 Å². The van der Waals surface area contributed by atoms with Crippen LogP contribution in [0.2, 0.25) is 0 Å². The number of hydrogen-bond donors (Lipinski definition) is 2. The lowest BCUT2D eigenvalue weighted by Crippen LogP contribution is -2.43. The van der Waals surface area contributed by atoms with Gasteiger partial charge in [0.2, 0.25) is 0 Å². The summed E-state index contributed by atoms with van der Waals surface area (Å²) in [6, 6.07) is 5.94. The lowest BCUT2D eigenvalue weighted by atomic mass is 9.58. The van der Waals surface area contributed by atoms with Crippen LogP contribution in [0.5, 0.6) is 5.75 Å². The van der Waals surface area contributed by atoms with E-state index in [1.165, 1.54) is 43.2 Å². The van der Waals surface area contributed by atoms with Gasteiger partial charge in [-0.15, -0.1) is 0 Å². The molecule has 21 heavy (non-hydrogen) atoms. The fraction of sp³-hybridized carbons (Fsp3) is 0.684. The number of aliphatic hydroxyl groups excluding tert-OH is 1. The Morgan fingerprint density at radius 2 is 1.95 bits per heavy atom. The van der Waals surface area contributed by atoms with Crippen LogP contribution in [0.15, 0.2) is 18.2 Å². The third kappa shape index (κ3) is 2.03. The molecule has 2 nitrogen and oxygen atoms in total.